The minimum Gasteiger partial charge on any atom is -0.247 e. The van der Waals surface area contributed by atoms with E-state index in [4.69, 9.17) is 0 Å². The van der Waals surface area contributed by atoms with Gasteiger partial charge in [0.2, 0.25) is 0 Å². The van der Waals surface area contributed by atoms with Gasteiger partial charge in [0.25, 0.3) is 0 Å². The molecule has 2 aromatic rings. The molecule has 0 aliphatic carbocycles. The van der Waals surface area contributed by atoms with Crippen molar-refractivity contribution in [3.8, 4) is 0 Å². The van der Waals surface area contributed by atoms with Crippen molar-refractivity contribution in [1.29, 1.82) is 0 Å². The predicted molar refractivity (Wildman–Crippen MR) is 84.5 cm³/mol. The van der Waals surface area contributed by atoms with Crippen molar-refractivity contribution < 1.29 is 0 Å². The van der Waals surface area contributed by atoms with Crippen LogP contribution in [0.4, 0.5) is 11.4 Å². The predicted octanol–water partition coefficient (Wildman–Crippen LogP) is 5.22. The van der Waals surface area contributed by atoms with E-state index < -0.39 is 0 Å². The largest absolute Gasteiger partial charge is 0.247 e. The molecule has 0 unspecified atom stereocenters. The molecule has 0 bridgehead atoms. The molecule has 3 nitrogen and oxygen atoms in total. The van der Waals surface area contributed by atoms with Crippen molar-refractivity contribution >= 4 is 11.4 Å². The van der Waals surface area contributed by atoms with Crippen molar-refractivity contribution in [3.05, 3.63) is 59.7 Å². The van der Waals surface area contributed by atoms with Crippen LogP contribution >= 0.6 is 0 Å². The molecule has 20 heavy (non-hydrogen) atoms. The Balaban J connectivity index is 2.16. The van der Waals surface area contributed by atoms with E-state index in [2.05, 4.69) is 55.4 Å². The SMILES string of the molecule is CCCN(N=Nc1ccc(C)cc1)c1ccc(C)cc1. The Kier molecular flexibility index (Phi) is 4.88. The first kappa shape index (κ1) is 14.3. The van der Waals surface area contributed by atoms with E-state index in [1.165, 1.54) is 11.1 Å². The van der Waals surface area contributed by atoms with E-state index in [0.717, 1.165) is 24.3 Å². The molecule has 2 rings (SSSR count). The van der Waals surface area contributed by atoms with Crippen molar-refractivity contribution in [2.24, 2.45) is 10.3 Å². The molecule has 0 spiro atoms. The summed E-state index contributed by atoms with van der Waals surface area (Å²) in [6, 6.07) is 16.4. The van der Waals surface area contributed by atoms with Gasteiger partial charge in [0.05, 0.1) is 11.4 Å². The lowest BCUT2D eigenvalue weighted by molar-refractivity contribution is 0.770. The second-order valence-electron chi connectivity index (χ2n) is 4.98. The highest BCUT2D eigenvalue weighted by Crippen LogP contribution is 2.19. The molecule has 0 fully saturated rings. The van der Waals surface area contributed by atoms with E-state index in [1.54, 1.807) is 0 Å². The molecule has 104 valence electrons. The van der Waals surface area contributed by atoms with Gasteiger partial charge in [-0.15, -0.1) is 5.11 Å². The smallest absolute Gasteiger partial charge is 0.0874 e. The summed E-state index contributed by atoms with van der Waals surface area (Å²) >= 11 is 0. The van der Waals surface area contributed by atoms with E-state index in [-0.39, 0.29) is 0 Å². The third-order valence-corrected chi connectivity index (χ3v) is 3.07. The van der Waals surface area contributed by atoms with Gasteiger partial charge in [-0.3, -0.25) is 0 Å². The highest BCUT2D eigenvalue weighted by Gasteiger charge is 2.03. The molecule has 0 aromatic heterocycles. The summed E-state index contributed by atoms with van der Waals surface area (Å²) in [4.78, 5) is 0. The summed E-state index contributed by atoms with van der Waals surface area (Å²) in [5.41, 5.74) is 4.44. The Labute approximate surface area is 120 Å². The van der Waals surface area contributed by atoms with E-state index in [9.17, 15) is 0 Å². The van der Waals surface area contributed by atoms with Crippen molar-refractivity contribution in [2.75, 3.05) is 11.6 Å². The molecule has 0 saturated heterocycles. The molecule has 0 saturated carbocycles. The normalized spacial score (nSPS) is 10.9. The second kappa shape index (κ2) is 6.85. The summed E-state index contributed by atoms with van der Waals surface area (Å²) in [5, 5.41) is 10.6. The average Bonchev–Trinajstić information content (AvgIpc) is 2.46. The number of anilines is 1. The fourth-order valence-corrected chi connectivity index (χ4v) is 1.87. The number of hydrogen-bond donors (Lipinski definition) is 0. The van der Waals surface area contributed by atoms with Gasteiger partial charge in [0.1, 0.15) is 0 Å². The minimum atomic E-state index is 0.860. The fraction of sp³-hybridized carbons (Fsp3) is 0.294. The molecule has 3 heteroatoms. The maximum absolute atomic E-state index is 4.37. The van der Waals surface area contributed by atoms with Gasteiger partial charge in [0.15, 0.2) is 0 Å². The van der Waals surface area contributed by atoms with Crippen molar-refractivity contribution in [3.63, 3.8) is 0 Å². The molecule has 0 aliphatic heterocycles. The van der Waals surface area contributed by atoms with E-state index in [0.29, 0.717) is 0 Å². The second-order valence-corrected chi connectivity index (χ2v) is 4.98. The van der Waals surface area contributed by atoms with Crippen LogP contribution in [-0.2, 0) is 0 Å². The molecule has 0 radical (unpaired) electrons. The van der Waals surface area contributed by atoms with Crippen LogP contribution in [0, 0.1) is 13.8 Å². The fourth-order valence-electron chi connectivity index (χ4n) is 1.87. The molecule has 0 amide bonds. The highest BCUT2D eigenvalue weighted by molar-refractivity contribution is 5.46. The van der Waals surface area contributed by atoms with Gasteiger partial charge in [-0.05, 0) is 44.5 Å². The van der Waals surface area contributed by atoms with Crippen molar-refractivity contribution in [2.45, 2.75) is 27.2 Å². The lowest BCUT2D eigenvalue weighted by atomic mass is 10.2. The summed E-state index contributed by atoms with van der Waals surface area (Å²) in [6.45, 7) is 7.15. The first-order valence-electron chi connectivity index (χ1n) is 7.01. The molecule has 0 N–H and O–H groups in total. The summed E-state index contributed by atoms with van der Waals surface area (Å²) in [7, 11) is 0. The first-order chi connectivity index (χ1) is 9.69. The van der Waals surface area contributed by atoms with Gasteiger partial charge in [-0.25, -0.2) is 5.01 Å². The molecular weight excluding hydrogens is 246 g/mol. The van der Waals surface area contributed by atoms with Crippen LogP contribution in [0.3, 0.4) is 0 Å². The monoisotopic (exact) mass is 267 g/mol. The van der Waals surface area contributed by atoms with Crippen LogP contribution in [0.1, 0.15) is 24.5 Å². The van der Waals surface area contributed by atoms with E-state index >= 15 is 0 Å². The molecular formula is C17H21N3. The number of aryl methyl sites for hydroxylation is 2. The number of rotatable bonds is 5. The highest BCUT2D eigenvalue weighted by atomic mass is 15.5. The molecule has 0 heterocycles. The first-order valence-corrected chi connectivity index (χ1v) is 7.01. The van der Waals surface area contributed by atoms with Gasteiger partial charge >= 0.3 is 0 Å². The van der Waals surface area contributed by atoms with Crippen LogP contribution in [0.15, 0.2) is 58.9 Å². The van der Waals surface area contributed by atoms with Crippen LogP contribution < -0.4 is 5.01 Å². The molecule has 2 aromatic carbocycles. The zero-order chi connectivity index (χ0) is 14.4. The van der Waals surface area contributed by atoms with Gasteiger partial charge < -0.3 is 0 Å². The zero-order valence-corrected chi connectivity index (χ0v) is 12.4. The summed E-state index contributed by atoms with van der Waals surface area (Å²) in [5.74, 6) is 0. The van der Waals surface area contributed by atoms with Crippen LogP contribution in [-0.4, -0.2) is 6.54 Å². The van der Waals surface area contributed by atoms with Gasteiger partial charge in [-0.2, -0.15) is 0 Å². The molecule has 0 aliphatic rings. The maximum Gasteiger partial charge on any atom is 0.0874 e. The Morgan fingerprint density at radius 1 is 0.850 bits per heavy atom. The Bertz CT molecular complexity index is 556. The lowest BCUT2D eigenvalue weighted by Crippen LogP contribution is -2.16. The van der Waals surface area contributed by atoms with Gasteiger partial charge in [0, 0.05) is 6.54 Å². The number of hydrogen-bond acceptors (Lipinski definition) is 2. The van der Waals surface area contributed by atoms with Gasteiger partial charge in [-0.1, -0.05) is 47.5 Å². The van der Waals surface area contributed by atoms with Crippen LogP contribution in [0.2, 0.25) is 0 Å². The molecule has 0 atom stereocenters. The lowest BCUT2D eigenvalue weighted by Gasteiger charge is -2.16. The Morgan fingerprint density at radius 2 is 1.40 bits per heavy atom. The average molecular weight is 267 g/mol. The standard InChI is InChI=1S/C17H21N3/c1-4-13-20(17-11-7-15(3)8-12-17)19-18-16-9-5-14(2)6-10-16/h5-12H,4,13H2,1-3H3. The maximum atomic E-state index is 4.37. The summed E-state index contributed by atoms with van der Waals surface area (Å²) in [6.07, 6.45) is 1.03. The third-order valence-electron chi connectivity index (χ3n) is 3.07. The summed E-state index contributed by atoms with van der Waals surface area (Å²) < 4.78 is 0. The minimum absolute atomic E-state index is 0.860. The Morgan fingerprint density at radius 3 is 1.95 bits per heavy atom. The van der Waals surface area contributed by atoms with Crippen LogP contribution in [0.25, 0.3) is 0 Å². The third kappa shape index (κ3) is 3.92. The Hall–Kier alpha value is -2.16. The van der Waals surface area contributed by atoms with Crippen LogP contribution in [0.5, 0.6) is 0 Å². The topological polar surface area (TPSA) is 28.0 Å². The number of benzene rings is 2. The van der Waals surface area contributed by atoms with Crippen molar-refractivity contribution in [1.82, 2.24) is 0 Å². The quantitative estimate of drug-likeness (QED) is 0.539. The van der Waals surface area contributed by atoms with E-state index in [1.807, 2.05) is 29.3 Å². The number of nitrogens with zero attached hydrogens (tertiary/aromatic N) is 3. The zero-order valence-electron chi connectivity index (χ0n) is 12.4.